The summed E-state index contributed by atoms with van der Waals surface area (Å²) in [6.07, 6.45) is 0.183. The standard InChI is InChI=1S/C18H22N4O5/c1-19-15(23)10-21(2)16(24)11-27-17(25)9-8-14-20-13-7-5-4-6-12(13)18(26)22(14)3/h4-7H,8-11H2,1-3H3,(H,19,23). The molecule has 0 aliphatic heterocycles. The van der Waals surface area contributed by atoms with Crippen LogP contribution in [0.15, 0.2) is 29.1 Å². The molecule has 0 aliphatic rings. The predicted octanol–water partition coefficient (Wildman–Crippen LogP) is -0.386. The molecule has 1 N–H and O–H groups in total. The van der Waals surface area contributed by atoms with Crippen LogP contribution in [0.1, 0.15) is 12.2 Å². The number of nitrogens with zero attached hydrogens (tertiary/aromatic N) is 3. The van der Waals surface area contributed by atoms with Gasteiger partial charge in [-0.05, 0) is 12.1 Å². The van der Waals surface area contributed by atoms with Crippen molar-refractivity contribution in [1.82, 2.24) is 19.8 Å². The van der Waals surface area contributed by atoms with E-state index < -0.39 is 18.5 Å². The maximum Gasteiger partial charge on any atom is 0.306 e. The number of likely N-dealkylation sites (N-methyl/N-ethyl adjacent to an activating group) is 2. The molecule has 0 aliphatic carbocycles. The van der Waals surface area contributed by atoms with Gasteiger partial charge < -0.3 is 15.0 Å². The Balaban J connectivity index is 1.91. The predicted molar refractivity (Wildman–Crippen MR) is 98.0 cm³/mol. The summed E-state index contributed by atoms with van der Waals surface area (Å²) in [4.78, 5) is 52.8. The summed E-state index contributed by atoms with van der Waals surface area (Å²) >= 11 is 0. The van der Waals surface area contributed by atoms with Crippen LogP contribution in [0.2, 0.25) is 0 Å². The summed E-state index contributed by atoms with van der Waals surface area (Å²) in [5.74, 6) is -0.929. The first-order chi connectivity index (χ1) is 12.8. The van der Waals surface area contributed by atoms with Crippen molar-refractivity contribution in [2.45, 2.75) is 12.8 Å². The quantitative estimate of drug-likeness (QED) is 0.661. The maximum absolute atomic E-state index is 12.3. The van der Waals surface area contributed by atoms with Gasteiger partial charge in [-0.1, -0.05) is 12.1 Å². The Kier molecular flexibility index (Phi) is 6.64. The molecular formula is C18H22N4O5. The molecule has 2 aromatic rings. The van der Waals surface area contributed by atoms with Crippen LogP contribution in [0.3, 0.4) is 0 Å². The number of para-hydroxylation sites is 1. The van der Waals surface area contributed by atoms with E-state index in [4.69, 9.17) is 4.74 Å². The molecule has 1 aromatic carbocycles. The minimum atomic E-state index is -0.584. The first kappa shape index (κ1) is 20.1. The molecule has 9 nitrogen and oxygen atoms in total. The second-order valence-corrected chi connectivity index (χ2v) is 5.99. The Bertz CT molecular complexity index is 922. The van der Waals surface area contributed by atoms with Crippen LogP contribution in [0.25, 0.3) is 10.9 Å². The van der Waals surface area contributed by atoms with Gasteiger partial charge in [-0.2, -0.15) is 0 Å². The second kappa shape index (κ2) is 8.93. The van der Waals surface area contributed by atoms with Gasteiger partial charge in [-0.25, -0.2) is 4.98 Å². The molecule has 0 saturated heterocycles. The lowest BCUT2D eigenvalue weighted by atomic mass is 10.2. The Morgan fingerprint density at radius 3 is 2.67 bits per heavy atom. The van der Waals surface area contributed by atoms with E-state index in [0.29, 0.717) is 16.7 Å². The number of esters is 1. The van der Waals surface area contributed by atoms with E-state index >= 15 is 0 Å². The fourth-order valence-corrected chi connectivity index (χ4v) is 2.41. The Morgan fingerprint density at radius 2 is 1.96 bits per heavy atom. The van der Waals surface area contributed by atoms with Crippen LogP contribution in [-0.2, 0) is 32.6 Å². The lowest BCUT2D eigenvalue weighted by Gasteiger charge is -2.16. The third kappa shape index (κ3) is 5.13. The molecule has 0 atom stereocenters. The average molecular weight is 374 g/mol. The number of carbonyl (C=O) groups is 3. The van der Waals surface area contributed by atoms with E-state index in [1.165, 1.54) is 23.6 Å². The zero-order chi connectivity index (χ0) is 20.0. The number of nitrogens with one attached hydrogen (secondary N) is 1. The minimum Gasteiger partial charge on any atom is -0.456 e. The van der Waals surface area contributed by atoms with E-state index in [2.05, 4.69) is 10.3 Å². The topological polar surface area (TPSA) is 111 Å². The summed E-state index contributed by atoms with van der Waals surface area (Å²) in [5, 5.41) is 2.91. The van der Waals surface area contributed by atoms with Gasteiger partial charge in [-0.3, -0.25) is 23.7 Å². The number of rotatable bonds is 7. The Hall–Kier alpha value is -3.23. The van der Waals surface area contributed by atoms with E-state index in [-0.39, 0.29) is 30.9 Å². The minimum absolute atomic E-state index is 0.0228. The molecule has 9 heteroatoms. The molecule has 0 bridgehead atoms. The van der Waals surface area contributed by atoms with E-state index in [9.17, 15) is 19.2 Å². The van der Waals surface area contributed by atoms with Crippen molar-refractivity contribution in [3.05, 3.63) is 40.4 Å². The van der Waals surface area contributed by atoms with Crippen LogP contribution in [0.4, 0.5) is 0 Å². The van der Waals surface area contributed by atoms with Crippen molar-refractivity contribution in [1.29, 1.82) is 0 Å². The smallest absolute Gasteiger partial charge is 0.306 e. The van der Waals surface area contributed by atoms with E-state index in [1.807, 2.05) is 0 Å². The van der Waals surface area contributed by atoms with E-state index in [1.54, 1.807) is 31.3 Å². The molecular weight excluding hydrogens is 352 g/mol. The number of aryl methyl sites for hydroxylation is 1. The van der Waals surface area contributed by atoms with Gasteiger partial charge in [0.15, 0.2) is 6.61 Å². The van der Waals surface area contributed by atoms with Gasteiger partial charge in [0.25, 0.3) is 11.5 Å². The van der Waals surface area contributed by atoms with Gasteiger partial charge >= 0.3 is 5.97 Å². The molecule has 2 amide bonds. The number of hydrogen-bond acceptors (Lipinski definition) is 6. The fraction of sp³-hybridized carbons (Fsp3) is 0.389. The van der Waals surface area contributed by atoms with Crippen molar-refractivity contribution in [2.24, 2.45) is 7.05 Å². The van der Waals surface area contributed by atoms with Gasteiger partial charge in [0.05, 0.1) is 23.9 Å². The van der Waals surface area contributed by atoms with Gasteiger partial charge in [0.1, 0.15) is 5.82 Å². The lowest BCUT2D eigenvalue weighted by molar-refractivity contribution is -0.151. The molecule has 27 heavy (non-hydrogen) atoms. The number of amides is 2. The van der Waals surface area contributed by atoms with Gasteiger partial charge in [0, 0.05) is 27.6 Å². The number of carbonyl (C=O) groups excluding carboxylic acids is 3. The highest BCUT2D eigenvalue weighted by atomic mass is 16.5. The van der Waals surface area contributed by atoms with Crippen molar-refractivity contribution in [2.75, 3.05) is 27.2 Å². The summed E-state index contributed by atoms with van der Waals surface area (Å²) < 4.78 is 6.34. The second-order valence-electron chi connectivity index (χ2n) is 5.99. The van der Waals surface area contributed by atoms with Crippen molar-refractivity contribution in [3.63, 3.8) is 0 Å². The Labute approximate surface area is 155 Å². The highest BCUT2D eigenvalue weighted by molar-refractivity contribution is 5.86. The highest BCUT2D eigenvalue weighted by Gasteiger charge is 2.15. The summed E-state index contributed by atoms with van der Waals surface area (Å²) in [6.45, 7) is -0.563. The molecule has 0 unspecified atom stereocenters. The first-order valence-corrected chi connectivity index (χ1v) is 8.38. The zero-order valence-corrected chi connectivity index (χ0v) is 15.5. The van der Waals surface area contributed by atoms with Crippen LogP contribution in [-0.4, -0.2) is 59.5 Å². The molecule has 144 valence electrons. The maximum atomic E-state index is 12.3. The van der Waals surface area contributed by atoms with Crippen LogP contribution in [0, 0.1) is 0 Å². The number of hydrogen-bond donors (Lipinski definition) is 1. The molecule has 1 aromatic heterocycles. The largest absolute Gasteiger partial charge is 0.456 e. The first-order valence-electron chi connectivity index (χ1n) is 8.38. The van der Waals surface area contributed by atoms with Gasteiger partial charge in [-0.15, -0.1) is 0 Å². The zero-order valence-electron chi connectivity index (χ0n) is 15.5. The molecule has 2 rings (SSSR count). The normalized spacial score (nSPS) is 10.5. The van der Waals surface area contributed by atoms with Crippen LogP contribution in [0.5, 0.6) is 0 Å². The van der Waals surface area contributed by atoms with Crippen LogP contribution < -0.4 is 10.9 Å². The van der Waals surface area contributed by atoms with Crippen molar-refractivity contribution >= 4 is 28.7 Å². The molecule has 0 radical (unpaired) electrons. The van der Waals surface area contributed by atoms with Gasteiger partial charge in [0.2, 0.25) is 5.91 Å². The number of fused-ring (bicyclic) bond motifs is 1. The third-order valence-corrected chi connectivity index (χ3v) is 4.07. The lowest BCUT2D eigenvalue weighted by Crippen LogP contribution is -2.39. The molecule has 0 saturated carbocycles. The van der Waals surface area contributed by atoms with Crippen LogP contribution >= 0.6 is 0 Å². The number of benzene rings is 1. The number of aromatic nitrogens is 2. The summed E-state index contributed by atoms with van der Waals surface area (Å²) in [6, 6.07) is 6.98. The highest BCUT2D eigenvalue weighted by Crippen LogP contribution is 2.08. The third-order valence-electron chi connectivity index (χ3n) is 4.07. The van der Waals surface area contributed by atoms with Crippen molar-refractivity contribution in [3.8, 4) is 0 Å². The van der Waals surface area contributed by atoms with E-state index in [0.717, 1.165) is 0 Å². The SMILES string of the molecule is CNC(=O)CN(C)C(=O)COC(=O)CCc1nc2ccccc2c(=O)n1C. The number of ether oxygens (including phenoxy) is 1. The summed E-state index contributed by atoms with van der Waals surface area (Å²) in [5.41, 5.74) is 0.380. The Morgan fingerprint density at radius 1 is 1.26 bits per heavy atom. The summed E-state index contributed by atoms with van der Waals surface area (Å²) in [7, 11) is 4.51. The molecule has 1 heterocycles. The van der Waals surface area contributed by atoms with Crippen molar-refractivity contribution < 1.29 is 19.1 Å². The molecule has 0 spiro atoms. The molecule has 0 fully saturated rings. The average Bonchev–Trinajstić information content (AvgIpc) is 2.67. The fourth-order valence-electron chi connectivity index (χ4n) is 2.41. The monoisotopic (exact) mass is 374 g/mol.